The van der Waals surface area contributed by atoms with E-state index >= 15 is 0 Å². The molecule has 0 bridgehead atoms. The van der Waals surface area contributed by atoms with Crippen molar-refractivity contribution < 1.29 is 58.8 Å². The Labute approximate surface area is 435 Å². The summed E-state index contributed by atoms with van der Waals surface area (Å²) in [6, 6.07) is 9.77. The zero-order valence-corrected chi connectivity index (χ0v) is 48.3. The van der Waals surface area contributed by atoms with Gasteiger partial charge in [0.25, 0.3) is 0 Å². The van der Waals surface area contributed by atoms with Gasteiger partial charge in [-0.15, -0.1) is 0 Å². The van der Waals surface area contributed by atoms with Crippen LogP contribution < -0.4 is 5.30 Å². The molecule has 72 heavy (non-hydrogen) atoms. The number of aliphatic hydroxyl groups excluding tert-OH is 3. The summed E-state index contributed by atoms with van der Waals surface area (Å²) in [5.74, 6) is -3.56. The predicted octanol–water partition coefficient (Wildman–Crippen LogP) is 7.31. The molecule has 15 heteroatoms. The summed E-state index contributed by atoms with van der Waals surface area (Å²) in [6.45, 7) is 22.8. The average molecular weight is 1040 g/mol. The summed E-state index contributed by atoms with van der Waals surface area (Å²) >= 11 is 0. The van der Waals surface area contributed by atoms with Crippen molar-refractivity contribution in [2.75, 3.05) is 47.2 Å². The van der Waals surface area contributed by atoms with Gasteiger partial charge < -0.3 is 59.0 Å². The number of esters is 1. The molecule has 3 heterocycles. The van der Waals surface area contributed by atoms with Gasteiger partial charge in [0, 0.05) is 32.0 Å². The number of methoxy groups -OCH3 is 1. The van der Waals surface area contributed by atoms with Crippen LogP contribution in [0.2, 0.25) is 0 Å². The van der Waals surface area contributed by atoms with E-state index in [0.29, 0.717) is 12.8 Å². The van der Waals surface area contributed by atoms with Crippen LogP contribution >= 0.6 is 7.26 Å². The number of likely N-dealkylation sites (N-methyl/N-ethyl adjacent to an activating group) is 1. The molecule has 0 aromatic heterocycles. The molecular weight excluding hydrogens is 936 g/mol. The number of ether oxygens (including phenoxy) is 5. The fraction of sp³-hybridized carbons (Fsp3) is 0.860. The zero-order chi connectivity index (χ0) is 53.9. The zero-order valence-electron chi connectivity index (χ0n) is 47.3. The summed E-state index contributed by atoms with van der Waals surface area (Å²) in [5.41, 5.74) is -4.68. The van der Waals surface area contributed by atoms with Crippen molar-refractivity contribution in [2.45, 2.75) is 243 Å². The largest absolute Gasteiger partial charge is 0.388 e. The third kappa shape index (κ3) is 16.1. The van der Waals surface area contributed by atoms with Crippen LogP contribution in [0.3, 0.4) is 0 Å². The summed E-state index contributed by atoms with van der Waals surface area (Å²) in [5, 5.41) is 62.1. The van der Waals surface area contributed by atoms with Crippen molar-refractivity contribution in [1.82, 2.24) is 9.80 Å². The number of amides is 1. The smallest absolute Gasteiger partial charge is 0.126 e. The van der Waals surface area contributed by atoms with Gasteiger partial charge in [0.1, 0.15) is 30.0 Å². The number of unbranched alkanes of at least 4 members (excludes halogenated alkanes) is 8. The van der Waals surface area contributed by atoms with Crippen LogP contribution in [0, 0.1) is 23.7 Å². The van der Waals surface area contributed by atoms with Gasteiger partial charge in [0.05, 0.1) is 47.6 Å². The molecule has 3 saturated heterocycles. The van der Waals surface area contributed by atoms with Gasteiger partial charge >= 0.3 is 138 Å². The van der Waals surface area contributed by atoms with Gasteiger partial charge in [-0.05, 0) is 86.7 Å². The Bertz CT molecular complexity index is 1790. The Morgan fingerprint density at radius 2 is 1.43 bits per heavy atom. The molecule has 0 spiro atoms. The van der Waals surface area contributed by atoms with E-state index in [1.54, 1.807) is 39.5 Å². The van der Waals surface area contributed by atoms with E-state index in [4.69, 9.17) is 23.7 Å². The van der Waals surface area contributed by atoms with E-state index in [1.807, 2.05) is 46.7 Å². The van der Waals surface area contributed by atoms with Crippen LogP contribution in [0.1, 0.15) is 159 Å². The van der Waals surface area contributed by atoms with Crippen molar-refractivity contribution in [2.24, 2.45) is 23.7 Å². The van der Waals surface area contributed by atoms with Crippen LogP contribution in [-0.4, -0.2) is 178 Å². The molecular formula is C57H103N2O12P. The third-order valence-electron chi connectivity index (χ3n) is 17.3. The van der Waals surface area contributed by atoms with Gasteiger partial charge in [-0.3, -0.25) is 9.59 Å². The van der Waals surface area contributed by atoms with Crippen LogP contribution in [-0.2, 0) is 33.3 Å². The number of benzene rings is 1. The maximum absolute atomic E-state index is 14.7. The Morgan fingerprint density at radius 1 is 0.847 bits per heavy atom. The van der Waals surface area contributed by atoms with Crippen molar-refractivity contribution in [1.29, 1.82) is 0 Å². The minimum atomic E-state index is -1.97. The minimum absolute atomic E-state index is 0.118. The van der Waals surface area contributed by atoms with Crippen LogP contribution in [0.15, 0.2) is 30.3 Å². The monoisotopic (exact) mass is 1040 g/mol. The normalized spacial score (nSPS) is 39.3. The van der Waals surface area contributed by atoms with Gasteiger partial charge in [0.2, 0.25) is 0 Å². The SMILES string of the molecule is CC[C@H]1OC(=O)[C@H](C)[C@@H](C2C[C@@](C)(OC)[C@@H](O)[C@H](C)O2)[C@H](C)[C@@H](O[C@@H]2O[C@H](C)C[C@H](N(C)C)[C@H]2O)[C@](C)(O)C[C@@H](C)CN(C(=O)CCCCCCCCCCC[PH](C)(C)c2ccccc2)[C@H](C)[C@@H](O)[C@]1(C)O. The summed E-state index contributed by atoms with van der Waals surface area (Å²) < 4.78 is 32.0. The third-order valence-corrected chi connectivity index (χ3v) is 20.8. The maximum atomic E-state index is 14.7. The predicted molar refractivity (Wildman–Crippen MR) is 289 cm³/mol. The molecule has 0 aliphatic carbocycles. The maximum Gasteiger partial charge on any atom is 0.126 e. The van der Waals surface area contributed by atoms with E-state index in [1.165, 1.54) is 57.6 Å². The van der Waals surface area contributed by atoms with E-state index < -0.39 is 103 Å². The van der Waals surface area contributed by atoms with Crippen LogP contribution in [0.4, 0.5) is 0 Å². The molecule has 3 aliphatic heterocycles. The Morgan fingerprint density at radius 3 is 2.00 bits per heavy atom. The summed E-state index contributed by atoms with van der Waals surface area (Å²) in [6.07, 6.45) is 3.83. The van der Waals surface area contributed by atoms with Crippen LogP contribution in [0.25, 0.3) is 0 Å². The molecule has 418 valence electrons. The Hall–Kier alpha value is -1.81. The second-order valence-electron chi connectivity index (χ2n) is 24.3. The molecule has 5 N–H and O–H groups in total. The topological polar surface area (TPSA) is 188 Å². The second-order valence-corrected chi connectivity index (χ2v) is 29.1. The molecule has 14 nitrogen and oxygen atoms in total. The second kappa shape index (κ2) is 27.5. The van der Waals surface area contributed by atoms with E-state index in [-0.39, 0.29) is 56.2 Å². The Kier molecular flexibility index (Phi) is 23.9. The van der Waals surface area contributed by atoms with E-state index in [0.717, 1.165) is 19.3 Å². The number of aliphatic hydroxyl groups is 5. The summed E-state index contributed by atoms with van der Waals surface area (Å²) in [7, 11) is 3.92. The van der Waals surface area contributed by atoms with Crippen molar-refractivity contribution in [3.63, 3.8) is 0 Å². The van der Waals surface area contributed by atoms with Gasteiger partial charge in [-0.2, -0.15) is 0 Å². The van der Waals surface area contributed by atoms with Crippen molar-refractivity contribution in [3.8, 4) is 0 Å². The number of hydrogen-bond acceptors (Lipinski definition) is 13. The minimum Gasteiger partial charge on any atom is -0.388 e. The fourth-order valence-electron chi connectivity index (χ4n) is 12.6. The van der Waals surface area contributed by atoms with E-state index in [9.17, 15) is 35.1 Å². The first kappa shape index (κ1) is 62.7. The molecule has 1 unspecified atom stereocenters. The molecule has 1 amide bonds. The van der Waals surface area contributed by atoms with Crippen molar-refractivity contribution >= 4 is 24.4 Å². The summed E-state index contributed by atoms with van der Waals surface area (Å²) in [4.78, 5) is 32.8. The van der Waals surface area contributed by atoms with E-state index in [2.05, 4.69) is 43.7 Å². The molecule has 3 fully saturated rings. The van der Waals surface area contributed by atoms with Crippen LogP contribution in [0.5, 0.6) is 0 Å². The molecule has 4 rings (SSSR count). The number of nitrogens with zero attached hydrogens (tertiary/aromatic N) is 2. The quantitative estimate of drug-likeness (QED) is 0.0528. The van der Waals surface area contributed by atoms with Gasteiger partial charge in [-0.25, -0.2) is 0 Å². The Balaban J connectivity index is 1.58. The first-order chi connectivity index (χ1) is 33.6. The van der Waals surface area contributed by atoms with Crippen molar-refractivity contribution in [3.05, 3.63) is 30.3 Å². The molecule has 18 atom stereocenters. The number of rotatable bonds is 19. The molecule has 0 radical (unpaired) electrons. The molecule has 0 saturated carbocycles. The number of carbonyl (C=O) groups excluding carboxylic acids is 2. The van der Waals surface area contributed by atoms with Gasteiger partial charge in [0.15, 0.2) is 6.29 Å². The number of hydrogen-bond donors (Lipinski definition) is 5. The molecule has 1 aromatic rings. The first-order valence-corrected chi connectivity index (χ1v) is 31.1. The molecule has 1 aromatic carbocycles. The average Bonchev–Trinajstić information content (AvgIpc) is 3.32. The first-order valence-electron chi connectivity index (χ1n) is 27.9. The standard InChI is InChI=1S/C57H103N2O12P/c1-16-46-57(10,66)50(62)41(6)59(47(60)31-27-22-20-18-17-19-21-23-28-32-72(14,15)43-29-25-24-26-30-43)36-37(2)34-55(8,65)52(71-54-49(61)44(58(11)12)33-38(3)68-54)39(4)48(40(5)53(64)70-46)45-35-56(9,67-13)51(63)42(7)69-45/h24-26,29-30,37-42,44-46,48-52,54,61-63,65-66,72H,16-23,27-28,31-36H2,1-15H3/t37-,38-,39+,40-,41-,42+,44+,45?,46-,48+,49-,50-,51+,52-,54+,55-,56-,57-/m1/s1. The number of cyclic esters (lactones) is 1. The molecule has 3 aliphatic rings. The fourth-order valence-corrected chi connectivity index (χ4v) is 15.2. The number of carbonyl (C=O) groups is 2. The van der Waals surface area contributed by atoms with Gasteiger partial charge in [-0.1, -0.05) is 27.7 Å².